The van der Waals surface area contributed by atoms with E-state index in [2.05, 4.69) is 4.98 Å². The molecule has 0 amide bonds. The van der Waals surface area contributed by atoms with Gasteiger partial charge in [0.1, 0.15) is 11.5 Å². The number of rotatable bonds is 6. The SMILES string of the molecule is CCCOc1ccc(Oc2nccc(CCl)c2F)cc1. The monoisotopic (exact) mass is 295 g/mol. The maximum Gasteiger partial charge on any atom is 0.256 e. The third kappa shape index (κ3) is 3.61. The van der Waals surface area contributed by atoms with E-state index in [0.717, 1.165) is 12.2 Å². The van der Waals surface area contributed by atoms with E-state index in [0.29, 0.717) is 17.9 Å². The van der Waals surface area contributed by atoms with Crippen molar-refractivity contribution in [3.8, 4) is 17.4 Å². The molecular weight excluding hydrogens is 281 g/mol. The zero-order chi connectivity index (χ0) is 14.4. The number of alkyl halides is 1. The first kappa shape index (κ1) is 14.6. The largest absolute Gasteiger partial charge is 0.494 e. The fourth-order valence-corrected chi connectivity index (χ4v) is 1.78. The van der Waals surface area contributed by atoms with Crippen LogP contribution in [0.4, 0.5) is 4.39 Å². The van der Waals surface area contributed by atoms with Crippen LogP contribution in [0.5, 0.6) is 17.4 Å². The Bertz CT molecular complexity index is 560. The third-order valence-corrected chi connectivity index (χ3v) is 2.88. The summed E-state index contributed by atoms with van der Waals surface area (Å²) in [5.41, 5.74) is 0.361. The highest BCUT2D eigenvalue weighted by atomic mass is 35.5. The number of hydrogen-bond donors (Lipinski definition) is 0. The quantitative estimate of drug-likeness (QED) is 0.733. The molecule has 1 aromatic carbocycles. The summed E-state index contributed by atoms with van der Waals surface area (Å²) < 4.78 is 24.8. The number of nitrogens with zero attached hydrogens (tertiary/aromatic N) is 1. The van der Waals surface area contributed by atoms with Crippen molar-refractivity contribution in [2.24, 2.45) is 0 Å². The van der Waals surface area contributed by atoms with Crippen LogP contribution < -0.4 is 9.47 Å². The van der Waals surface area contributed by atoms with Crippen LogP contribution in [-0.4, -0.2) is 11.6 Å². The first-order chi connectivity index (χ1) is 9.74. The molecule has 0 fully saturated rings. The van der Waals surface area contributed by atoms with Gasteiger partial charge < -0.3 is 9.47 Å². The van der Waals surface area contributed by atoms with Crippen molar-refractivity contribution in [3.63, 3.8) is 0 Å². The van der Waals surface area contributed by atoms with E-state index in [1.165, 1.54) is 12.3 Å². The summed E-state index contributed by atoms with van der Waals surface area (Å²) in [6.45, 7) is 2.70. The number of pyridine rings is 1. The van der Waals surface area contributed by atoms with Crippen molar-refractivity contribution >= 4 is 11.6 Å². The van der Waals surface area contributed by atoms with Crippen molar-refractivity contribution in [1.82, 2.24) is 4.98 Å². The van der Waals surface area contributed by atoms with Gasteiger partial charge in [0.25, 0.3) is 5.88 Å². The second-order valence-electron chi connectivity index (χ2n) is 4.14. The van der Waals surface area contributed by atoms with Gasteiger partial charge in [-0.15, -0.1) is 11.6 Å². The molecule has 3 nitrogen and oxygen atoms in total. The summed E-state index contributed by atoms with van der Waals surface area (Å²) in [4.78, 5) is 3.87. The number of hydrogen-bond acceptors (Lipinski definition) is 3. The van der Waals surface area contributed by atoms with Crippen LogP contribution in [0.3, 0.4) is 0 Å². The van der Waals surface area contributed by atoms with E-state index >= 15 is 0 Å². The molecule has 1 heterocycles. The lowest BCUT2D eigenvalue weighted by molar-refractivity contribution is 0.317. The number of halogens is 2. The summed E-state index contributed by atoms with van der Waals surface area (Å²) >= 11 is 5.64. The van der Waals surface area contributed by atoms with Crippen LogP contribution in [-0.2, 0) is 5.88 Å². The summed E-state index contributed by atoms with van der Waals surface area (Å²) in [6.07, 6.45) is 2.41. The summed E-state index contributed by atoms with van der Waals surface area (Å²) in [6, 6.07) is 8.48. The molecule has 0 aliphatic carbocycles. The Morgan fingerprint density at radius 3 is 2.50 bits per heavy atom. The molecule has 1 aromatic heterocycles. The highest BCUT2D eigenvalue weighted by Crippen LogP contribution is 2.26. The average Bonchev–Trinajstić information content (AvgIpc) is 2.48. The first-order valence-corrected chi connectivity index (χ1v) is 6.88. The summed E-state index contributed by atoms with van der Waals surface area (Å²) in [5, 5.41) is 0. The van der Waals surface area contributed by atoms with Crippen molar-refractivity contribution in [3.05, 3.63) is 47.9 Å². The van der Waals surface area contributed by atoms with E-state index in [1.54, 1.807) is 24.3 Å². The highest BCUT2D eigenvalue weighted by Gasteiger charge is 2.11. The van der Waals surface area contributed by atoms with Crippen LogP contribution in [0.1, 0.15) is 18.9 Å². The minimum atomic E-state index is -0.534. The van der Waals surface area contributed by atoms with Crippen LogP contribution >= 0.6 is 11.6 Å². The lowest BCUT2D eigenvalue weighted by Gasteiger charge is -2.09. The molecule has 20 heavy (non-hydrogen) atoms. The average molecular weight is 296 g/mol. The molecule has 106 valence electrons. The molecule has 2 aromatic rings. The molecule has 2 rings (SSSR count). The second kappa shape index (κ2) is 7.10. The maximum absolute atomic E-state index is 13.9. The molecule has 5 heteroatoms. The molecule has 0 atom stereocenters. The van der Waals surface area contributed by atoms with Crippen LogP contribution in [0.15, 0.2) is 36.5 Å². The Balaban J connectivity index is 2.10. The number of aromatic nitrogens is 1. The van der Waals surface area contributed by atoms with Gasteiger partial charge in [0, 0.05) is 11.8 Å². The zero-order valence-electron chi connectivity index (χ0n) is 11.1. The van der Waals surface area contributed by atoms with Gasteiger partial charge >= 0.3 is 0 Å². The Kier molecular flexibility index (Phi) is 5.18. The molecule has 0 bridgehead atoms. The standard InChI is InChI=1S/C15H15ClFNO2/c1-2-9-19-12-3-5-13(6-4-12)20-15-14(17)11(10-16)7-8-18-15/h3-8H,2,9-10H2,1H3. The lowest BCUT2D eigenvalue weighted by Crippen LogP contribution is -1.97. The predicted molar refractivity (Wildman–Crippen MR) is 76.1 cm³/mol. The topological polar surface area (TPSA) is 31.4 Å². The number of ether oxygens (including phenoxy) is 2. The second-order valence-corrected chi connectivity index (χ2v) is 4.41. The van der Waals surface area contributed by atoms with E-state index in [9.17, 15) is 4.39 Å². The highest BCUT2D eigenvalue weighted by molar-refractivity contribution is 6.17. The van der Waals surface area contributed by atoms with E-state index in [-0.39, 0.29) is 11.8 Å². The molecule has 0 aliphatic rings. The van der Waals surface area contributed by atoms with Crippen molar-refractivity contribution < 1.29 is 13.9 Å². The minimum Gasteiger partial charge on any atom is -0.494 e. The predicted octanol–water partition coefficient (Wildman–Crippen LogP) is 4.54. The van der Waals surface area contributed by atoms with Gasteiger partial charge in [-0.1, -0.05) is 6.92 Å². The van der Waals surface area contributed by atoms with Crippen LogP contribution in [0.25, 0.3) is 0 Å². The van der Waals surface area contributed by atoms with Crippen LogP contribution in [0, 0.1) is 5.82 Å². The zero-order valence-corrected chi connectivity index (χ0v) is 11.9. The van der Waals surface area contributed by atoms with Gasteiger partial charge in [0.2, 0.25) is 0 Å². The summed E-state index contributed by atoms with van der Waals surface area (Å²) in [7, 11) is 0. The molecule has 0 N–H and O–H groups in total. The van der Waals surface area contributed by atoms with Crippen molar-refractivity contribution in [1.29, 1.82) is 0 Å². The Morgan fingerprint density at radius 1 is 1.15 bits per heavy atom. The molecular formula is C15H15ClFNO2. The van der Waals surface area contributed by atoms with Gasteiger partial charge in [-0.2, -0.15) is 0 Å². The Hall–Kier alpha value is -1.81. The normalized spacial score (nSPS) is 10.3. The Labute approximate surface area is 122 Å². The number of benzene rings is 1. The molecule has 0 saturated carbocycles. The van der Waals surface area contributed by atoms with Gasteiger partial charge in [-0.25, -0.2) is 9.37 Å². The van der Waals surface area contributed by atoms with E-state index in [1.807, 2.05) is 6.92 Å². The van der Waals surface area contributed by atoms with Gasteiger partial charge in [-0.05, 0) is 36.8 Å². The van der Waals surface area contributed by atoms with E-state index < -0.39 is 5.82 Å². The fraction of sp³-hybridized carbons (Fsp3) is 0.267. The minimum absolute atomic E-state index is 0.0779. The summed E-state index contributed by atoms with van der Waals surface area (Å²) in [5.74, 6) is 0.711. The first-order valence-electron chi connectivity index (χ1n) is 6.34. The van der Waals surface area contributed by atoms with Crippen molar-refractivity contribution in [2.75, 3.05) is 6.61 Å². The maximum atomic E-state index is 13.9. The molecule has 0 saturated heterocycles. The molecule has 0 unspecified atom stereocenters. The molecule has 0 spiro atoms. The molecule has 0 radical (unpaired) electrons. The third-order valence-electron chi connectivity index (χ3n) is 2.59. The van der Waals surface area contributed by atoms with Gasteiger partial charge in [-0.3, -0.25) is 0 Å². The lowest BCUT2D eigenvalue weighted by atomic mass is 10.3. The van der Waals surface area contributed by atoms with Gasteiger partial charge in [0.15, 0.2) is 5.82 Å². The van der Waals surface area contributed by atoms with Gasteiger partial charge in [0.05, 0.1) is 12.5 Å². The molecule has 0 aliphatic heterocycles. The van der Waals surface area contributed by atoms with Crippen LogP contribution in [0.2, 0.25) is 0 Å². The van der Waals surface area contributed by atoms with Crippen molar-refractivity contribution in [2.45, 2.75) is 19.2 Å². The van der Waals surface area contributed by atoms with E-state index in [4.69, 9.17) is 21.1 Å². The Morgan fingerprint density at radius 2 is 1.85 bits per heavy atom. The fourth-order valence-electron chi connectivity index (χ4n) is 1.57. The smallest absolute Gasteiger partial charge is 0.256 e.